The predicted octanol–water partition coefficient (Wildman–Crippen LogP) is 1.80. The Morgan fingerprint density at radius 3 is 2.69 bits per heavy atom. The van der Waals surface area contributed by atoms with Gasteiger partial charge in [-0.2, -0.15) is 5.10 Å². The Morgan fingerprint density at radius 1 is 1.27 bits per heavy atom. The minimum absolute atomic E-state index is 0.324. The van der Waals surface area contributed by atoms with Crippen molar-refractivity contribution in [2.45, 2.75) is 33.9 Å². The Bertz CT molecular complexity index is 740. The van der Waals surface area contributed by atoms with E-state index in [1.165, 1.54) is 4.90 Å². The van der Waals surface area contributed by atoms with Crippen molar-refractivity contribution in [3.05, 3.63) is 53.5 Å². The molecular formula is C19H27N4O2S+. The molecule has 1 aromatic carbocycles. The highest BCUT2D eigenvalue weighted by Crippen LogP contribution is 2.18. The first-order valence-electron chi connectivity index (χ1n) is 8.79. The summed E-state index contributed by atoms with van der Waals surface area (Å²) < 4.78 is 5.24. The fraction of sp³-hybridized carbons (Fsp3) is 0.368. The van der Waals surface area contributed by atoms with Gasteiger partial charge in [0.15, 0.2) is 5.11 Å². The number of phenolic OH excluding ortho intramolecular Hbond substituents is 1. The number of phenols is 1. The molecule has 0 aliphatic heterocycles. The maximum atomic E-state index is 10.1. The van der Waals surface area contributed by atoms with Crippen LogP contribution >= 0.6 is 12.2 Å². The van der Waals surface area contributed by atoms with Gasteiger partial charge in [-0.05, 0) is 68.9 Å². The minimum atomic E-state index is 0.324. The number of nitrogens with zero attached hydrogens (tertiary/aromatic N) is 1. The van der Waals surface area contributed by atoms with Crippen LogP contribution in [0.15, 0.2) is 46.1 Å². The quantitative estimate of drug-likeness (QED) is 0.322. The average molecular weight is 376 g/mol. The molecule has 140 valence electrons. The number of quaternary nitrogens is 1. The minimum Gasteiger partial charge on any atom is -0.507 e. The highest BCUT2D eigenvalue weighted by Gasteiger charge is 2.11. The summed E-state index contributed by atoms with van der Waals surface area (Å²) in [6.07, 6.45) is 1.62. The number of rotatable bonds is 8. The van der Waals surface area contributed by atoms with E-state index in [-0.39, 0.29) is 0 Å². The molecule has 0 saturated heterocycles. The van der Waals surface area contributed by atoms with Gasteiger partial charge in [0.1, 0.15) is 18.1 Å². The van der Waals surface area contributed by atoms with Crippen LogP contribution in [-0.2, 0) is 13.1 Å². The third kappa shape index (κ3) is 5.86. The fourth-order valence-corrected chi connectivity index (χ4v) is 2.66. The van der Waals surface area contributed by atoms with Crippen molar-refractivity contribution in [3.8, 4) is 5.75 Å². The average Bonchev–Trinajstić information content (AvgIpc) is 3.17. The molecule has 0 aliphatic carbocycles. The number of aromatic hydroxyl groups is 1. The molecule has 0 atom stereocenters. The number of furan rings is 1. The molecule has 0 saturated carbocycles. The van der Waals surface area contributed by atoms with Crippen LogP contribution < -0.4 is 15.6 Å². The molecule has 7 heteroatoms. The Morgan fingerprint density at radius 2 is 2.04 bits per heavy atom. The van der Waals surface area contributed by atoms with E-state index in [0.29, 0.717) is 17.4 Å². The van der Waals surface area contributed by atoms with Gasteiger partial charge in [0.05, 0.1) is 31.6 Å². The van der Waals surface area contributed by atoms with E-state index >= 15 is 0 Å². The van der Waals surface area contributed by atoms with Crippen molar-refractivity contribution < 1.29 is 14.4 Å². The van der Waals surface area contributed by atoms with Crippen LogP contribution in [0.1, 0.15) is 37.7 Å². The molecule has 0 bridgehead atoms. The Kier molecular flexibility index (Phi) is 7.62. The van der Waals surface area contributed by atoms with Crippen LogP contribution in [0.3, 0.4) is 0 Å². The number of hydrogen-bond acceptors (Lipinski definition) is 4. The largest absolute Gasteiger partial charge is 0.507 e. The monoisotopic (exact) mass is 375 g/mol. The Hall–Kier alpha value is -2.38. The van der Waals surface area contributed by atoms with Crippen molar-refractivity contribution in [2.75, 3.05) is 13.1 Å². The van der Waals surface area contributed by atoms with Crippen molar-refractivity contribution >= 4 is 23.0 Å². The fourth-order valence-electron chi connectivity index (χ4n) is 2.54. The second kappa shape index (κ2) is 9.94. The summed E-state index contributed by atoms with van der Waals surface area (Å²) in [5.41, 5.74) is 5.51. The molecule has 1 aromatic heterocycles. The number of benzene rings is 1. The smallest absolute Gasteiger partial charge is 0.187 e. The van der Waals surface area contributed by atoms with E-state index in [1.807, 2.05) is 31.2 Å². The van der Waals surface area contributed by atoms with Gasteiger partial charge in [0.2, 0.25) is 0 Å². The molecule has 2 aromatic rings. The zero-order chi connectivity index (χ0) is 18.9. The summed E-state index contributed by atoms with van der Waals surface area (Å²) in [7, 11) is 0. The third-order valence-electron chi connectivity index (χ3n) is 4.27. The van der Waals surface area contributed by atoms with Crippen LogP contribution in [-0.4, -0.2) is 29.0 Å². The van der Waals surface area contributed by atoms with Gasteiger partial charge in [0, 0.05) is 5.56 Å². The Balaban J connectivity index is 1.97. The first kappa shape index (κ1) is 19.9. The molecule has 6 nitrogen and oxygen atoms in total. The molecular weight excluding hydrogens is 348 g/mol. The number of nitrogens with one attached hydrogen (secondary N) is 3. The number of hydrogen-bond donors (Lipinski definition) is 4. The molecule has 0 unspecified atom stereocenters. The zero-order valence-electron chi connectivity index (χ0n) is 15.5. The zero-order valence-corrected chi connectivity index (χ0v) is 16.3. The predicted molar refractivity (Wildman–Crippen MR) is 107 cm³/mol. The van der Waals surface area contributed by atoms with Crippen LogP contribution in [0.5, 0.6) is 5.75 Å². The van der Waals surface area contributed by atoms with Crippen LogP contribution in [0.2, 0.25) is 0 Å². The molecule has 2 rings (SSSR count). The lowest BCUT2D eigenvalue weighted by Gasteiger charge is -2.16. The van der Waals surface area contributed by atoms with Crippen molar-refractivity contribution in [2.24, 2.45) is 5.10 Å². The summed E-state index contributed by atoms with van der Waals surface area (Å²) in [6, 6.07) is 9.27. The molecule has 26 heavy (non-hydrogen) atoms. The molecule has 0 radical (unpaired) electrons. The summed E-state index contributed by atoms with van der Waals surface area (Å²) in [6.45, 7) is 9.53. The topological polar surface area (TPSA) is 74.2 Å². The molecule has 0 aliphatic rings. The lowest BCUT2D eigenvalue weighted by molar-refractivity contribution is -0.910. The van der Waals surface area contributed by atoms with Gasteiger partial charge in [-0.15, -0.1) is 0 Å². The second-order valence-corrected chi connectivity index (χ2v) is 6.46. The van der Waals surface area contributed by atoms with Crippen LogP contribution in [0.25, 0.3) is 0 Å². The molecule has 1 heterocycles. The third-order valence-corrected chi connectivity index (χ3v) is 4.50. The maximum Gasteiger partial charge on any atom is 0.187 e. The lowest BCUT2D eigenvalue weighted by atomic mass is 10.1. The SMILES string of the molecule is CC[NH+](CC)Cc1cc(/C(C)=N/NC(=S)NCc2ccco2)ccc1O. The van der Waals surface area contributed by atoms with Gasteiger partial charge < -0.3 is 19.7 Å². The Labute approximate surface area is 159 Å². The first-order chi connectivity index (χ1) is 12.5. The van der Waals surface area contributed by atoms with E-state index in [9.17, 15) is 5.11 Å². The number of hydrazone groups is 1. The first-order valence-corrected chi connectivity index (χ1v) is 9.20. The van der Waals surface area contributed by atoms with Crippen molar-refractivity contribution in [3.63, 3.8) is 0 Å². The molecule has 0 fully saturated rings. The van der Waals surface area contributed by atoms with Crippen molar-refractivity contribution in [1.82, 2.24) is 10.7 Å². The molecule has 0 amide bonds. The van der Waals surface area contributed by atoms with Gasteiger partial charge in [-0.25, -0.2) is 0 Å². The van der Waals surface area contributed by atoms with E-state index in [2.05, 4.69) is 29.7 Å². The number of thiocarbonyl (C=S) groups is 1. The van der Waals surface area contributed by atoms with Gasteiger partial charge >= 0.3 is 0 Å². The summed E-state index contributed by atoms with van der Waals surface area (Å²) >= 11 is 5.22. The summed E-state index contributed by atoms with van der Waals surface area (Å²) in [5, 5.41) is 17.9. The van der Waals surface area contributed by atoms with E-state index in [0.717, 1.165) is 42.2 Å². The molecule has 4 N–H and O–H groups in total. The highest BCUT2D eigenvalue weighted by atomic mass is 32.1. The highest BCUT2D eigenvalue weighted by molar-refractivity contribution is 7.80. The maximum absolute atomic E-state index is 10.1. The molecule has 0 spiro atoms. The standard InChI is InChI=1S/C19H26N4O2S/c1-4-23(5-2)13-16-11-15(8-9-18(16)24)14(3)21-22-19(26)20-12-17-7-6-10-25-17/h6-11,24H,4-5,12-13H2,1-3H3,(H2,20,22,26)/p+1/b21-14+. The van der Waals surface area contributed by atoms with Crippen LogP contribution in [0, 0.1) is 0 Å². The second-order valence-electron chi connectivity index (χ2n) is 6.05. The summed E-state index contributed by atoms with van der Waals surface area (Å²) in [4.78, 5) is 1.41. The lowest BCUT2D eigenvalue weighted by Crippen LogP contribution is -3.10. The van der Waals surface area contributed by atoms with Gasteiger partial charge in [-0.1, -0.05) is 0 Å². The van der Waals surface area contributed by atoms with Gasteiger partial charge in [0.25, 0.3) is 0 Å². The van der Waals surface area contributed by atoms with E-state index in [1.54, 1.807) is 12.3 Å². The van der Waals surface area contributed by atoms with Crippen molar-refractivity contribution in [1.29, 1.82) is 0 Å². The van der Waals surface area contributed by atoms with Gasteiger partial charge in [-0.3, -0.25) is 5.43 Å². The summed E-state index contributed by atoms with van der Waals surface area (Å²) in [5.74, 6) is 1.13. The van der Waals surface area contributed by atoms with Crippen LogP contribution in [0.4, 0.5) is 0 Å². The van der Waals surface area contributed by atoms with E-state index in [4.69, 9.17) is 16.6 Å². The normalized spacial score (nSPS) is 11.6. The van der Waals surface area contributed by atoms with E-state index < -0.39 is 0 Å².